The van der Waals surface area contributed by atoms with E-state index in [2.05, 4.69) is 40.8 Å². The molecular formula is C14H32O2Si. The highest BCUT2D eigenvalue weighted by Gasteiger charge is 2.38. The molecule has 0 aromatic rings. The van der Waals surface area contributed by atoms with E-state index in [0.29, 0.717) is 0 Å². The summed E-state index contributed by atoms with van der Waals surface area (Å²) in [4.78, 5) is 0. The zero-order chi connectivity index (χ0) is 13.5. The van der Waals surface area contributed by atoms with Gasteiger partial charge in [-0.25, -0.2) is 0 Å². The minimum atomic E-state index is -1.72. The van der Waals surface area contributed by atoms with Crippen LogP contribution in [0.2, 0.25) is 18.1 Å². The van der Waals surface area contributed by atoms with Gasteiger partial charge in [0, 0.05) is 0 Å². The van der Waals surface area contributed by atoms with Crippen molar-refractivity contribution >= 4 is 8.32 Å². The van der Waals surface area contributed by atoms with Crippen LogP contribution in [-0.4, -0.2) is 26.1 Å². The van der Waals surface area contributed by atoms with Crippen molar-refractivity contribution in [2.24, 2.45) is 0 Å². The van der Waals surface area contributed by atoms with Crippen LogP contribution in [0.3, 0.4) is 0 Å². The molecule has 0 amide bonds. The number of unbranched alkanes of at least 4 members (excludes halogenated alkanes) is 3. The van der Waals surface area contributed by atoms with E-state index in [1.807, 2.05) is 0 Å². The van der Waals surface area contributed by atoms with Gasteiger partial charge in [0.05, 0.1) is 12.7 Å². The molecule has 3 heteroatoms. The molecule has 0 heterocycles. The largest absolute Gasteiger partial charge is 0.412 e. The summed E-state index contributed by atoms with van der Waals surface area (Å²) in [5.74, 6) is 0. The van der Waals surface area contributed by atoms with Gasteiger partial charge < -0.3 is 9.53 Å². The second-order valence-corrected chi connectivity index (χ2v) is 11.3. The molecule has 0 rings (SSSR count). The molecule has 1 unspecified atom stereocenters. The lowest BCUT2D eigenvalue weighted by atomic mass is 10.1. The maximum Gasteiger partial charge on any atom is 0.192 e. The molecule has 2 nitrogen and oxygen atoms in total. The average molecular weight is 260 g/mol. The Balaban J connectivity index is 4.12. The fraction of sp³-hybridized carbons (Fsp3) is 1.00. The molecule has 1 atom stereocenters. The van der Waals surface area contributed by atoms with Crippen LogP contribution >= 0.6 is 0 Å². The summed E-state index contributed by atoms with van der Waals surface area (Å²) in [6.07, 6.45) is 6.03. The SMILES string of the molecule is CCCCCCC(CO)O[Si](C)(C)C(C)(C)C. The first-order valence-corrected chi connectivity index (χ1v) is 9.94. The fourth-order valence-electron chi connectivity index (χ4n) is 1.58. The second kappa shape index (κ2) is 7.55. The molecule has 0 fully saturated rings. The third kappa shape index (κ3) is 6.58. The predicted molar refractivity (Wildman–Crippen MR) is 77.9 cm³/mol. The van der Waals surface area contributed by atoms with Gasteiger partial charge in [0.1, 0.15) is 0 Å². The van der Waals surface area contributed by atoms with E-state index in [1.165, 1.54) is 25.7 Å². The average Bonchev–Trinajstić information content (AvgIpc) is 2.20. The van der Waals surface area contributed by atoms with E-state index in [0.717, 1.165) is 6.42 Å². The Hall–Kier alpha value is 0.137. The van der Waals surface area contributed by atoms with Gasteiger partial charge in [0.2, 0.25) is 0 Å². The van der Waals surface area contributed by atoms with E-state index < -0.39 is 8.32 Å². The molecule has 0 aromatic carbocycles. The number of rotatable bonds is 8. The highest BCUT2D eigenvalue weighted by atomic mass is 28.4. The van der Waals surface area contributed by atoms with Gasteiger partial charge in [-0.2, -0.15) is 0 Å². The van der Waals surface area contributed by atoms with Crippen molar-refractivity contribution in [3.8, 4) is 0 Å². The molecule has 0 saturated carbocycles. The molecule has 0 saturated heterocycles. The Labute approximate surface area is 109 Å². The third-order valence-electron chi connectivity index (χ3n) is 3.85. The minimum Gasteiger partial charge on any atom is -0.412 e. The first-order valence-electron chi connectivity index (χ1n) is 7.03. The van der Waals surface area contributed by atoms with E-state index in [9.17, 15) is 5.11 Å². The van der Waals surface area contributed by atoms with Gasteiger partial charge in [-0.15, -0.1) is 0 Å². The Morgan fingerprint density at radius 1 is 1.12 bits per heavy atom. The maximum absolute atomic E-state index is 9.41. The van der Waals surface area contributed by atoms with E-state index in [1.54, 1.807) is 0 Å². The zero-order valence-electron chi connectivity index (χ0n) is 12.7. The van der Waals surface area contributed by atoms with Crippen LogP contribution < -0.4 is 0 Å². The summed E-state index contributed by atoms with van der Waals surface area (Å²) >= 11 is 0. The molecule has 0 aliphatic heterocycles. The molecule has 1 N–H and O–H groups in total. The lowest BCUT2D eigenvalue weighted by Crippen LogP contribution is -2.44. The Morgan fingerprint density at radius 3 is 2.12 bits per heavy atom. The Bertz CT molecular complexity index is 197. The van der Waals surface area contributed by atoms with Gasteiger partial charge in [0.15, 0.2) is 8.32 Å². The molecule has 104 valence electrons. The van der Waals surface area contributed by atoms with Crippen molar-refractivity contribution in [3.63, 3.8) is 0 Å². The molecule has 0 bridgehead atoms. The highest BCUT2D eigenvalue weighted by molar-refractivity contribution is 6.74. The summed E-state index contributed by atoms with van der Waals surface area (Å²) in [6, 6.07) is 0. The number of aliphatic hydroxyl groups excluding tert-OH is 1. The van der Waals surface area contributed by atoms with Crippen molar-refractivity contribution in [1.29, 1.82) is 0 Å². The first kappa shape index (κ1) is 17.1. The van der Waals surface area contributed by atoms with Crippen LogP contribution in [0.1, 0.15) is 59.8 Å². The zero-order valence-corrected chi connectivity index (χ0v) is 13.7. The van der Waals surface area contributed by atoms with Crippen LogP contribution in [0.5, 0.6) is 0 Å². The third-order valence-corrected chi connectivity index (χ3v) is 8.39. The summed E-state index contributed by atoms with van der Waals surface area (Å²) in [5, 5.41) is 9.63. The Kier molecular flexibility index (Phi) is 7.61. The van der Waals surface area contributed by atoms with Crippen LogP contribution in [0.25, 0.3) is 0 Å². The number of aliphatic hydroxyl groups is 1. The quantitative estimate of drug-likeness (QED) is 0.519. The number of hydrogen-bond acceptors (Lipinski definition) is 2. The molecule has 0 aliphatic carbocycles. The van der Waals surface area contributed by atoms with E-state index in [-0.39, 0.29) is 17.7 Å². The second-order valence-electron chi connectivity index (χ2n) is 6.53. The summed E-state index contributed by atoms with van der Waals surface area (Å²) < 4.78 is 6.22. The van der Waals surface area contributed by atoms with Gasteiger partial charge in [-0.05, 0) is 24.6 Å². The monoisotopic (exact) mass is 260 g/mol. The van der Waals surface area contributed by atoms with Gasteiger partial charge >= 0.3 is 0 Å². The van der Waals surface area contributed by atoms with Crippen molar-refractivity contribution in [1.82, 2.24) is 0 Å². The van der Waals surface area contributed by atoms with Crippen LogP contribution in [0.4, 0.5) is 0 Å². The Morgan fingerprint density at radius 2 is 1.71 bits per heavy atom. The van der Waals surface area contributed by atoms with Crippen LogP contribution in [-0.2, 0) is 4.43 Å². The van der Waals surface area contributed by atoms with Gasteiger partial charge in [0.25, 0.3) is 0 Å². The molecular weight excluding hydrogens is 228 g/mol. The predicted octanol–water partition coefficient (Wildman–Crippen LogP) is 4.34. The van der Waals surface area contributed by atoms with Crippen molar-refractivity contribution < 1.29 is 9.53 Å². The summed E-state index contributed by atoms with van der Waals surface area (Å²) in [5.41, 5.74) is 0. The van der Waals surface area contributed by atoms with Crippen LogP contribution in [0, 0.1) is 0 Å². The molecule has 17 heavy (non-hydrogen) atoms. The van der Waals surface area contributed by atoms with Crippen molar-refractivity contribution in [2.75, 3.05) is 6.61 Å². The number of hydrogen-bond donors (Lipinski definition) is 1. The van der Waals surface area contributed by atoms with E-state index in [4.69, 9.17) is 4.43 Å². The normalized spacial score (nSPS) is 15.0. The molecule has 0 aromatic heterocycles. The fourth-order valence-corrected chi connectivity index (χ4v) is 2.96. The molecule has 0 aliphatic rings. The maximum atomic E-state index is 9.41. The lowest BCUT2D eigenvalue weighted by molar-refractivity contribution is 0.0937. The summed E-state index contributed by atoms with van der Waals surface area (Å²) in [6.45, 7) is 13.6. The lowest BCUT2D eigenvalue weighted by Gasteiger charge is -2.39. The minimum absolute atomic E-state index is 0.0488. The summed E-state index contributed by atoms with van der Waals surface area (Å²) in [7, 11) is -1.72. The first-order chi connectivity index (χ1) is 7.74. The topological polar surface area (TPSA) is 29.5 Å². The smallest absolute Gasteiger partial charge is 0.192 e. The molecule has 0 radical (unpaired) electrons. The van der Waals surface area contributed by atoms with Crippen molar-refractivity contribution in [3.05, 3.63) is 0 Å². The van der Waals surface area contributed by atoms with Gasteiger partial charge in [-0.3, -0.25) is 0 Å². The van der Waals surface area contributed by atoms with Gasteiger partial charge in [-0.1, -0.05) is 53.4 Å². The van der Waals surface area contributed by atoms with E-state index >= 15 is 0 Å². The molecule has 0 spiro atoms. The van der Waals surface area contributed by atoms with Crippen LogP contribution in [0.15, 0.2) is 0 Å². The standard InChI is InChI=1S/C14H32O2Si/c1-7-8-9-10-11-13(12-15)16-17(5,6)14(2,3)4/h13,15H,7-12H2,1-6H3. The van der Waals surface area contributed by atoms with Crippen molar-refractivity contribution in [2.45, 2.75) is 84.0 Å². The highest BCUT2D eigenvalue weighted by Crippen LogP contribution is 2.37.